The summed E-state index contributed by atoms with van der Waals surface area (Å²) in [6.07, 6.45) is 1.08. The summed E-state index contributed by atoms with van der Waals surface area (Å²) in [5.41, 5.74) is -0.262. The van der Waals surface area contributed by atoms with E-state index in [0.717, 1.165) is 6.26 Å². The molecule has 0 aliphatic carbocycles. The monoisotopic (exact) mass is 340 g/mol. The number of methoxy groups -OCH3 is 1. The number of anilines is 1. The van der Waals surface area contributed by atoms with Crippen molar-refractivity contribution >= 4 is 28.3 Å². The molecule has 0 fully saturated rings. The van der Waals surface area contributed by atoms with Gasteiger partial charge in [-0.15, -0.1) is 0 Å². The molecule has 0 unspecified atom stereocenters. The normalized spacial score (nSPS) is 10.4. The number of amides is 1. The van der Waals surface area contributed by atoms with E-state index in [4.69, 9.17) is 9.15 Å². The van der Waals surface area contributed by atoms with Crippen LogP contribution in [0, 0.1) is 10.1 Å². The van der Waals surface area contributed by atoms with Crippen molar-refractivity contribution in [2.24, 2.45) is 0 Å². The Balaban J connectivity index is 1.97. The molecule has 0 saturated heterocycles. The lowest BCUT2D eigenvalue weighted by molar-refractivity contribution is -0.384. The molecular weight excluding hydrogens is 328 g/mol. The maximum absolute atomic E-state index is 12.4. The van der Waals surface area contributed by atoms with Crippen LogP contribution in [-0.4, -0.2) is 17.9 Å². The van der Waals surface area contributed by atoms with Crippen molar-refractivity contribution in [3.63, 3.8) is 0 Å². The molecule has 2 aromatic carbocycles. The number of nitrogens with one attached hydrogen (secondary N) is 1. The number of nitrogens with zero attached hydrogens (tertiary/aromatic N) is 1. The van der Waals surface area contributed by atoms with Crippen LogP contribution in [0.15, 0.2) is 57.9 Å². The Kier molecular flexibility index (Phi) is 4.17. The van der Waals surface area contributed by atoms with E-state index in [0.29, 0.717) is 5.58 Å². The fourth-order valence-electron chi connectivity index (χ4n) is 2.32. The Morgan fingerprint density at radius 3 is 2.72 bits per heavy atom. The molecule has 126 valence electrons. The molecule has 0 aliphatic rings. The zero-order valence-electron chi connectivity index (χ0n) is 13.0. The van der Waals surface area contributed by atoms with E-state index in [-0.39, 0.29) is 28.1 Å². The summed E-state index contributed by atoms with van der Waals surface area (Å²) in [7, 11) is 1.32. The van der Waals surface area contributed by atoms with E-state index in [1.54, 1.807) is 24.3 Å². The highest BCUT2D eigenvalue weighted by Gasteiger charge is 2.18. The zero-order chi connectivity index (χ0) is 18.0. The smallest absolute Gasteiger partial charge is 0.273 e. The molecule has 0 atom stereocenters. The van der Waals surface area contributed by atoms with Gasteiger partial charge in [0.1, 0.15) is 23.2 Å². The van der Waals surface area contributed by atoms with Crippen LogP contribution >= 0.6 is 0 Å². The van der Waals surface area contributed by atoms with Gasteiger partial charge in [-0.2, -0.15) is 0 Å². The van der Waals surface area contributed by atoms with Gasteiger partial charge in [0.15, 0.2) is 0 Å². The molecule has 25 heavy (non-hydrogen) atoms. The van der Waals surface area contributed by atoms with Crippen LogP contribution in [0.3, 0.4) is 0 Å². The minimum absolute atomic E-state index is 0.104. The second-order valence-electron chi connectivity index (χ2n) is 5.07. The predicted molar refractivity (Wildman–Crippen MR) is 90.1 cm³/mol. The number of nitro groups is 1. The Morgan fingerprint density at radius 1 is 1.24 bits per heavy atom. The van der Waals surface area contributed by atoms with Gasteiger partial charge in [0.2, 0.25) is 5.43 Å². The minimum atomic E-state index is -0.702. The third-order valence-electron chi connectivity index (χ3n) is 3.57. The van der Waals surface area contributed by atoms with Crippen LogP contribution in [0.25, 0.3) is 11.0 Å². The van der Waals surface area contributed by atoms with E-state index in [1.165, 1.54) is 25.3 Å². The number of carbonyl (C=O) groups is 1. The van der Waals surface area contributed by atoms with Crippen LogP contribution < -0.4 is 15.5 Å². The fraction of sp³-hybridized carbons (Fsp3) is 0.0588. The number of fused-ring (bicyclic) bond motifs is 1. The molecule has 1 heterocycles. The van der Waals surface area contributed by atoms with Gasteiger partial charge in [0.25, 0.3) is 11.6 Å². The number of ether oxygens (including phenoxy) is 1. The molecule has 8 nitrogen and oxygen atoms in total. The number of para-hydroxylation sites is 1. The summed E-state index contributed by atoms with van der Waals surface area (Å²) in [5, 5.41) is 13.6. The number of nitro benzene ring substituents is 1. The zero-order valence-corrected chi connectivity index (χ0v) is 13.0. The lowest BCUT2D eigenvalue weighted by Crippen LogP contribution is -2.21. The summed E-state index contributed by atoms with van der Waals surface area (Å²) in [5.74, 6) is -0.598. The Bertz CT molecular complexity index is 1040. The SMILES string of the molecule is COc1cc([N+](=O)[O-])ccc1NC(=O)c1coc2ccccc2c1=O. The number of hydrogen-bond acceptors (Lipinski definition) is 6. The molecule has 3 aromatic rings. The summed E-state index contributed by atoms with van der Waals surface area (Å²) in [4.78, 5) is 35.0. The molecular formula is C17H12N2O6. The lowest BCUT2D eigenvalue weighted by Gasteiger charge is -2.09. The molecule has 8 heteroatoms. The van der Waals surface area contributed by atoms with Gasteiger partial charge in [-0.1, -0.05) is 12.1 Å². The Morgan fingerprint density at radius 2 is 2.00 bits per heavy atom. The molecule has 0 spiro atoms. The molecule has 3 rings (SSSR count). The van der Waals surface area contributed by atoms with Crippen molar-refractivity contribution in [1.82, 2.24) is 0 Å². The average Bonchev–Trinajstić information content (AvgIpc) is 2.62. The van der Waals surface area contributed by atoms with Gasteiger partial charge in [-0.05, 0) is 18.2 Å². The maximum Gasteiger partial charge on any atom is 0.273 e. The van der Waals surface area contributed by atoms with Crippen molar-refractivity contribution in [3.8, 4) is 5.75 Å². The average molecular weight is 340 g/mol. The summed E-state index contributed by atoms with van der Waals surface area (Å²) >= 11 is 0. The van der Waals surface area contributed by atoms with Gasteiger partial charge in [0, 0.05) is 6.07 Å². The third-order valence-corrected chi connectivity index (χ3v) is 3.57. The first-order valence-electron chi connectivity index (χ1n) is 7.15. The first kappa shape index (κ1) is 16.2. The first-order valence-corrected chi connectivity index (χ1v) is 7.15. The molecule has 0 saturated carbocycles. The van der Waals surface area contributed by atoms with E-state index in [9.17, 15) is 19.7 Å². The number of hydrogen-bond donors (Lipinski definition) is 1. The largest absolute Gasteiger partial charge is 0.494 e. The van der Waals surface area contributed by atoms with Crippen molar-refractivity contribution in [2.75, 3.05) is 12.4 Å². The van der Waals surface area contributed by atoms with Gasteiger partial charge < -0.3 is 14.5 Å². The molecule has 1 N–H and O–H groups in total. The summed E-state index contributed by atoms with van der Waals surface area (Å²) < 4.78 is 10.4. The second kappa shape index (κ2) is 6.44. The predicted octanol–water partition coefficient (Wildman–Crippen LogP) is 2.96. The first-order chi connectivity index (χ1) is 12.0. The van der Waals surface area contributed by atoms with Gasteiger partial charge in [-0.3, -0.25) is 19.7 Å². The van der Waals surface area contributed by atoms with Crippen LogP contribution in [0.2, 0.25) is 0 Å². The number of benzene rings is 2. The molecule has 0 bridgehead atoms. The standard InChI is InChI=1S/C17H12N2O6/c1-24-15-8-10(19(22)23)6-7-13(15)18-17(21)12-9-25-14-5-3-2-4-11(14)16(12)20/h2-9H,1H3,(H,18,21). The molecule has 1 aromatic heterocycles. The third kappa shape index (κ3) is 3.05. The highest BCUT2D eigenvalue weighted by molar-refractivity contribution is 6.06. The minimum Gasteiger partial charge on any atom is -0.494 e. The van der Waals surface area contributed by atoms with Crippen LogP contribution in [-0.2, 0) is 0 Å². The number of non-ortho nitro benzene ring substituents is 1. The van der Waals surface area contributed by atoms with E-state index < -0.39 is 16.3 Å². The summed E-state index contributed by atoms with van der Waals surface area (Å²) in [6.45, 7) is 0. The molecule has 0 radical (unpaired) electrons. The molecule has 1 amide bonds. The van der Waals surface area contributed by atoms with E-state index in [2.05, 4.69) is 5.32 Å². The van der Waals surface area contributed by atoms with E-state index in [1.807, 2.05) is 0 Å². The van der Waals surface area contributed by atoms with Gasteiger partial charge >= 0.3 is 0 Å². The fourth-order valence-corrected chi connectivity index (χ4v) is 2.32. The topological polar surface area (TPSA) is 112 Å². The van der Waals surface area contributed by atoms with Gasteiger partial charge in [-0.25, -0.2) is 0 Å². The van der Waals surface area contributed by atoms with Crippen LogP contribution in [0.1, 0.15) is 10.4 Å². The quantitative estimate of drug-likeness (QED) is 0.577. The number of carbonyl (C=O) groups excluding carboxylic acids is 1. The molecule has 0 aliphatic heterocycles. The van der Waals surface area contributed by atoms with Crippen molar-refractivity contribution in [1.29, 1.82) is 0 Å². The number of rotatable bonds is 4. The highest BCUT2D eigenvalue weighted by atomic mass is 16.6. The Hall–Kier alpha value is -3.68. The maximum atomic E-state index is 12.4. The van der Waals surface area contributed by atoms with Gasteiger partial charge in [0.05, 0.1) is 29.2 Å². The van der Waals surface area contributed by atoms with Crippen LogP contribution in [0.5, 0.6) is 5.75 Å². The Labute approximate surface area is 140 Å². The van der Waals surface area contributed by atoms with E-state index >= 15 is 0 Å². The highest BCUT2D eigenvalue weighted by Crippen LogP contribution is 2.29. The lowest BCUT2D eigenvalue weighted by atomic mass is 10.1. The second-order valence-corrected chi connectivity index (χ2v) is 5.07. The van der Waals surface area contributed by atoms with Crippen molar-refractivity contribution in [2.45, 2.75) is 0 Å². The van der Waals surface area contributed by atoms with Crippen molar-refractivity contribution in [3.05, 3.63) is 74.6 Å². The summed E-state index contributed by atoms with van der Waals surface area (Å²) in [6, 6.07) is 10.3. The van der Waals surface area contributed by atoms with Crippen molar-refractivity contribution < 1.29 is 18.9 Å². The van der Waals surface area contributed by atoms with Crippen LogP contribution in [0.4, 0.5) is 11.4 Å².